The fourth-order valence-electron chi connectivity index (χ4n) is 2.72. The van der Waals surface area contributed by atoms with E-state index in [0.29, 0.717) is 27.7 Å². The Morgan fingerprint density at radius 3 is 2.44 bits per heavy atom. The molecule has 2 aromatic carbocycles. The van der Waals surface area contributed by atoms with Crippen LogP contribution in [0.5, 0.6) is 0 Å². The average Bonchev–Trinajstić information content (AvgIpc) is 2.58. The lowest BCUT2D eigenvalue weighted by molar-refractivity contribution is 0.0474. The van der Waals surface area contributed by atoms with Gasteiger partial charge in [-0.25, -0.2) is 18.0 Å². The van der Waals surface area contributed by atoms with Gasteiger partial charge in [0.2, 0.25) is 0 Å². The highest BCUT2D eigenvalue weighted by molar-refractivity contribution is 7.89. The molecule has 0 spiro atoms. The van der Waals surface area contributed by atoms with Gasteiger partial charge in [0.05, 0.1) is 11.3 Å². The van der Waals surface area contributed by atoms with E-state index in [1.54, 1.807) is 18.2 Å². The summed E-state index contributed by atoms with van der Waals surface area (Å²) in [7, 11) is -3.14. The van der Waals surface area contributed by atoms with Crippen LogP contribution >= 0.6 is 0 Å². The number of esters is 1. The molecule has 0 aliphatic carbocycles. The highest BCUT2D eigenvalue weighted by Gasteiger charge is 2.12. The lowest BCUT2D eigenvalue weighted by atomic mass is 10.1. The Balaban J connectivity index is 1.76. The minimum atomic E-state index is -3.14. The van der Waals surface area contributed by atoms with Gasteiger partial charge in [-0.1, -0.05) is 24.3 Å². The molecule has 6 nitrogen and oxygen atoms in total. The molecule has 0 aliphatic heterocycles. The quantitative estimate of drug-likeness (QED) is 0.495. The molecule has 1 aromatic heterocycles. The van der Waals surface area contributed by atoms with E-state index in [2.05, 4.69) is 0 Å². The summed E-state index contributed by atoms with van der Waals surface area (Å²) >= 11 is 0. The first-order valence-electron chi connectivity index (χ1n) is 8.18. The number of benzene rings is 2. The van der Waals surface area contributed by atoms with Crippen LogP contribution in [-0.2, 0) is 26.9 Å². The standard InChI is InChI=1S/C20H18O6S/c1-13-3-8-17-16(10-19(21)26-18(17)9-13)11-25-20(22)15-6-4-14(5-7-15)12-27(2,23)24/h3-10H,11-12H2,1-2H3. The first-order valence-corrected chi connectivity index (χ1v) is 10.2. The van der Waals surface area contributed by atoms with Gasteiger partial charge in [-0.3, -0.25) is 0 Å². The topological polar surface area (TPSA) is 90.7 Å². The van der Waals surface area contributed by atoms with Gasteiger partial charge in [-0.2, -0.15) is 0 Å². The molecule has 140 valence electrons. The maximum absolute atomic E-state index is 12.2. The van der Waals surface area contributed by atoms with Gasteiger partial charge in [-0.05, 0) is 36.2 Å². The summed E-state index contributed by atoms with van der Waals surface area (Å²) in [5.41, 5.74) is 2.34. The molecule has 1 heterocycles. The highest BCUT2D eigenvalue weighted by Crippen LogP contribution is 2.19. The van der Waals surface area contributed by atoms with Gasteiger partial charge in [0.15, 0.2) is 9.84 Å². The van der Waals surface area contributed by atoms with Crippen LogP contribution in [0.1, 0.15) is 27.0 Å². The van der Waals surface area contributed by atoms with E-state index in [0.717, 1.165) is 11.8 Å². The van der Waals surface area contributed by atoms with Crippen LogP contribution in [0.4, 0.5) is 0 Å². The first-order chi connectivity index (χ1) is 12.7. The maximum Gasteiger partial charge on any atom is 0.338 e. The van der Waals surface area contributed by atoms with Crippen molar-refractivity contribution in [1.29, 1.82) is 0 Å². The summed E-state index contributed by atoms with van der Waals surface area (Å²) in [6, 6.07) is 12.9. The van der Waals surface area contributed by atoms with E-state index in [1.165, 1.54) is 18.2 Å². The third kappa shape index (κ3) is 4.83. The molecule has 0 unspecified atom stereocenters. The number of fused-ring (bicyclic) bond motifs is 1. The molecule has 0 bridgehead atoms. The second kappa shape index (κ2) is 7.36. The molecule has 0 fully saturated rings. The van der Waals surface area contributed by atoms with Gasteiger partial charge in [-0.15, -0.1) is 0 Å². The van der Waals surface area contributed by atoms with Crippen molar-refractivity contribution in [2.45, 2.75) is 19.3 Å². The minimum absolute atomic E-state index is 0.0743. The minimum Gasteiger partial charge on any atom is -0.457 e. The number of aryl methyl sites for hydroxylation is 1. The lowest BCUT2D eigenvalue weighted by Gasteiger charge is -2.08. The van der Waals surface area contributed by atoms with Gasteiger partial charge < -0.3 is 9.15 Å². The predicted octanol–water partition coefficient (Wildman–Crippen LogP) is 3.00. The van der Waals surface area contributed by atoms with Crippen molar-refractivity contribution in [1.82, 2.24) is 0 Å². The molecule has 3 aromatic rings. The summed E-state index contributed by atoms with van der Waals surface area (Å²) < 4.78 is 33.1. The van der Waals surface area contributed by atoms with Gasteiger partial charge >= 0.3 is 11.6 Å². The Morgan fingerprint density at radius 1 is 1.07 bits per heavy atom. The Hall–Kier alpha value is -2.93. The molecule has 0 radical (unpaired) electrons. The molecule has 0 N–H and O–H groups in total. The number of rotatable bonds is 5. The monoisotopic (exact) mass is 386 g/mol. The zero-order valence-electron chi connectivity index (χ0n) is 14.9. The fourth-order valence-corrected chi connectivity index (χ4v) is 3.52. The zero-order valence-corrected chi connectivity index (χ0v) is 15.7. The average molecular weight is 386 g/mol. The maximum atomic E-state index is 12.2. The number of hydrogen-bond donors (Lipinski definition) is 0. The summed E-state index contributed by atoms with van der Waals surface area (Å²) in [6.07, 6.45) is 1.15. The number of carbonyl (C=O) groups excluding carboxylic acids is 1. The lowest BCUT2D eigenvalue weighted by Crippen LogP contribution is -2.08. The fraction of sp³-hybridized carbons (Fsp3) is 0.200. The highest BCUT2D eigenvalue weighted by atomic mass is 32.2. The van der Waals surface area contributed by atoms with Crippen molar-refractivity contribution in [2.75, 3.05) is 6.26 Å². The molecule has 0 saturated carbocycles. The van der Waals surface area contributed by atoms with E-state index in [-0.39, 0.29) is 12.4 Å². The molecule has 0 amide bonds. The summed E-state index contributed by atoms with van der Waals surface area (Å²) in [5, 5.41) is 0.705. The SMILES string of the molecule is Cc1ccc2c(COC(=O)c3ccc(CS(C)(=O)=O)cc3)cc(=O)oc2c1. The van der Waals surface area contributed by atoms with Crippen LogP contribution in [0.3, 0.4) is 0 Å². The molecular weight excluding hydrogens is 368 g/mol. The molecule has 27 heavy (non-hydrogen) atoms. The Labute approximate surface area is 156 Å². The Kier molecular flexibility index (Phi) is 5.14. The van der Waals surface area contributed by atoms with Gasteiger partial charge in [0.1, 0.15) is 12.2 Å². The summed E-state index contributed by atoms with van der Waals surface area (Å²) in [5.74, 6) is -0.650. The zero-order chi connectivity index (χ0) is 19.6. The van der Waals surface area contributed by atoms with E-state index >= 15 is 0 Å². The molecule has 0 atom stereocenters. The summed E-state index contributed by atoms with van der Waals surface area (Å²) in [4.78, 5) is 24.0. The van der Waals surface area contributed by atoms with Crippen LogP contribution in [0, 0.1) is 6.92 Å². The molecule has 7 heteroatoms. The second-order valence-electron chi connectivity index (χ2n) is 6.43. The van der Waals surface area contributed by atoms with E-state index in [9.17, 15) is 18.0 Å². The third-order valence-electron chi connectivity index (χ3n) is 3.96. The number of sulfone groups is 1. The van der Waals surface area contributed by atoms with Crippen molar-refractivity contribution in [3.05, 3.63) is 81.2 Å². The van der Waals surface area contributed by atoms with E-state index < -0.39 is 21.4 Å². The number of ether oxygens (including phenoxy) is 1. The van der Waals surface area contributed by atoms with Crippen molar-refractivity contribution in [3.63, 3.8) is 0 Å². The normalized spacial score (nSPS) is 11.5. The number of carbonyl (C=O) groups is 1. The van der Waals surface area contributed by atoms with E-state index in [4.69, 9.17) is 9.15 Å². The van der Waals surface area contributed by atoms with Gasteiger partial charge in [0.25, 0.3) is 0 Å². The van der Waals surface area contributed by atoms with E-state index in [1.807, 2.05) is 19.1 Å². The van der Waals surface area contributed by atoms with Crippen molar-refractivity contribution < 1.29 is 22.4 Å². The van der Waals surface area contributed by atoms with Crippen LogP contribution in [0.2, 0.25) is 0 Å². The third-order valence-corrected chi connectivity index (χ3v) is 4.82. The van der Waals surface area contributed by atoms with Crippen molar-refractivity contribution in [2.24, 2.45) is 0 Å². The molecule has 3 rings (SSSR count). The number of hydrogen-bond acceptors (Lipinski definition) is 6. The summed E-state index contributed by atoms with van der Waals surface area (Å²) in [6.45, 7) is 1.81. The Bertz CT molecular complexity index is 1160. The Morgan fingerprint density at radius 2 is 1.78 bits per heavy atom. The molecular formula is C20H18O6S. The van der Waals surface area contributed by atoms with Crippen LogP contribution in [-0.4, -0.2) is 20.6 Å². The van der Waals surface area contributed by atoms with Crippen molar-refractivity contribution in [3.8, 4) is 0 Å². The first kappa shape index (κ1) is 18.8. The van der Waals surface area contributed by atoms with Gasteiger partial charge in [0, 0.05) is 23.3 Å². The molecule has 0 aliphatic rings. The largest absolute Gasteiger partial charge is 0.457 e. The molecule has 0 saturated heterocycles. The van der Waals surface area contributed by atoms with Crippen LogP contribution in [0.25, 0.3) is 11.0 Å². The van der Waals surface area contributed by atoms with Crippen molar-refractivity contribution >= 4 is 26.8 Å². The smallest absolute Gasteiger partial charge is 0.338 e. The predicted molar refractivity (Wildman–Crippen MR) is 101 cm³/mol. The van der Waals surface area contributed by atoms with Crippen LogP contribution < -0.4 is 5.63 Å². The van der Waals surface area contributed by atoms with Crippen LogP contribution in [0.15, 0.2) is 57.7 Å². The second-order valence-corrected chi connectivity index (χ2v) is 8.57.